The van der Waals surface area contributed by atoms with E-state index in [0.29, 0.717) is 36.6 Å². The predicted octanol–water partition coefficient (Wildman–Crippen LogP) is 3.51. The Kier molecular flexibility index (Phi) is 5.43. The van der Waals surface area contributed by atoms with Crippen LogP contribution in [0.1, 0.15) is 55.8 Å². The highest BCUT2D eigenvalue weighted by Gasteiger charge is 2.56. The lowest BCUT2D eigenvalue weighted by molar-refractivity contribution is -0.142. The Morgan fingerprint density at radius 3 is 2.59 bits per heavy atom. The third kappa shape index (κ3) is 3.76. The molecule has 0 aromatic heterocycles. The number of nitrogens with zero attached hydrogens (tertiary/aromatic N) is 4. The number of rotatable bonds is 5. The molecule has 6 nitrogen and oxygen atoms in total. The van der Waals surface area contributed by atoms with Crippen molar-refractivity contribution in [2.45, 2.75) is 76.4 Å². The normalized spacial score (nSPS) is 32.0. The van der Waals surface area contributed by atoms with Crippen LogP contribution in [-0.4, -0.2) is 63.8 Å². The van der Waals surface area contributed by atoms with Crippen molar-refractivity contribution in [2.75, 3.05) is 13.1 Å². The second-order valence-electron chi connectivity index (χ2n) is 10.5. The van der Waals surface area contributed by atoms with Crippen LogP contribution in [0, 0.1) is 30.1 Å². The van der Waals surface area contributed by atoms with Gasteiger partial charge in [-0.25, -0.2) is 0 Å². The summed E-state index contributed by atoms with van der Waals surface area (Å²) in [6, 6.07) is 5.18. The van der Waals surface area contributed by atoms with Gasteiger partial charge in [-0.15, -0.1) is 0 Å². The number of benzene rings is 1. The lowest BCUT2D eigenvalue weighted by atomic mass is 9.99. The molecule has 2 bridgehead atoms. The first-order valence-corrected chi connectivity index (χ1v) is 12.0. The zero-order valence-corrected chi connectivity index (χ0v) is 19.5. The van der Waals surface area contributed by atoms with Gasteiger partial charge in [0.05, 0.1) is 23.7 Å². The van der Waals surface area contributed by atoms with Gasteiger partial charge in [-0.2, -0.15) is 18.4 Å². The van der Waals surface area contributed by atoms with E-state index in [2.05, 4.69) is 6.07 Å². The van der Waals surface area contributed by atoms with Crippen molar-refractivity contribution in [2.24, 2.45) is 11.8 Å². The zero-order valence-electron chi connectivity index (χ0n) is 19.5. The second kappa shape index (κ2) is 7.98. The fourth-order valence-corrected chi connectivity index (χ4v) is 6.35. The van der Waals surface area contributed by atoms with Gasteiger partial charge in [0.2, 0.25) is 11.8 Å². The van der Waals surface area contributed by atoms with Gasteiger partial charge < -0.3 is 9.80 Å². The smallest absolute Gasteiger partial charge is 0.330 e. The summed E-state index contributed by atoms with van der Waals surface area (Å²) >= 11 is 0. The fraction of sp³-hybridized carbons (Fsp3) is 0.640. The van der Waals surface area contributed by atoms with E-state index in [-0.39, 0.29) is 41.9 Å². The number of halogens is 3. The third-order valence-corrected chi connectivity index (χ3v) is 8.08. The Labute approximate surface area is 197 Å². The number of nitriles is 1. The molecule has 7 atom stereocenters. The van der Waals surface area contributed by atoms with Gasteiger partial charge in [0.25, 0.3) is 0 Å². The molecule has 2 unspecified atom stereocenters. The Morgan fingerprint density at radius 2 is 1.94 bits per heavy atom. The van der Waals surface area contributed by atoms with Crippen LogP contribution >= 0.6 is 0 Å². The molecular weight excluding hydrogens is 445 g/mol. The lowest BCUT2D eigenvalue weighted by Gasteiger charge is -2.39. The second-order valence-corrected chi connectivity index (χ2v) is 10.5. The number of carbonyl (C=O) groups excluding carboxylic acids is 2. The first-order valence-electron chi connectivity index (χ1n) is 12.0. The predicted molar refractivity (Wildman–Crippen MR) is 117 cm³/mol. The SMILES string of the molecule is Cc1cc([C@H](C)N2C(=O)[C@@H]3CC2CN3C[C@H](C)C(=O)N2C3C[C@H]3C[C@H]2C#N)cc(C(F)(F)F)c1. The van der Waals surface area contributed by atoms with Crippen LogP contribution in [0.25, 0.3) is 0 Å². The molecule has 5 rings (SSSR count). The molecule has 3 aliphatic heterocycles. The molecule has 4 fully saturated rings. The zero-order chi connectivity index (χ0) is 24.5. The first-order chi connectivity index (χ1) is 16.0. The molecule has 0 radical (unpaired) electrons. The van der Waals surface area contributed by atoms with Crippen molar-refractivity contribution in [3.05, 3.63) is 34.9 Å². The number of carbonyl (C=O) groups is 2. The van der Waals surface area contributed by atoms with E-state index in [1.54, 1.807) is 29.7 Å². The number of piperidine rings is 1. The molecule has 0 spiro atoms. The fourth-order valence-electron chi connectivity index (χ4n) is 6.35. The standard InChI is InChI=1S/C25H29F3N4O2/c1-13-4-16(6-18(5-13)25(26,27)28)15(3)31-20-9-22(24(31)34)30(12-20)11-14(2)23(33)32-19(10-29)7-17-8-21(17)32/h4-6,14-15,17,19-22H,7-9,11-12H2,1-3H3/t14-,15-,17+,19-,20?,21?,22-/m0/s1. The molecule has 182 valence electrons. The minimum atomic E-state index is -4.44. The number of alkyl halides is 3. The van der Waals surface area contributed by atoms with Crippen LogP contribution in [0.2, 0.25) is 0 Å². The molecule has 1 saturated carbocycles. The van der Waals surface area contributed by atoms with E-state index >= 15 is 0 Å². The highest BCUT2D eigenvalue weighted by atomic mass is 19.4. The largest absolute Gasteiger partial charge is 0.416 e. The monoisotopic (exact) mass is 474 g/mol. The summed E-state index contributed by atoms with van der Waals surface area (Å²) < 4.78 is 39.9. The van der Waals surface area contributed by atoms with Crippen LogP contribution in [0.15, 0.2) is 18.2 Å². The van der Waals surface area contributed by atoms with Gasteiger partial charge in [-0.1, -0.05) is 18.6 Å². The quantitative estimate of drug-likeness (QED) is 0.655. The van der Waals surface area contributed by atoms with Crippen LogP contribution < -0.4 is 0 Å². The maximum atomic E-state index is 13.3. The summed E-state index contributed by atoms with van der Waals surface area (Å²) in [5.74, 6) is 0.0345. The lowest BCUT2D eigenvalue weighted by Crippen LogP contribution is -2.53. The number of piperazine rings is 1. The van der Waals surface area contributed by atoms with Crippen molar-refractivity contribution in [1.82, 2.24) is 14.7 Å². The van der Waals surface area contributed by atoms with Crippen LogP contribution in [0.4, 0.5) is 13.2 Å². The topological polar surface area (TPSA) is 67.7 Å². The molecule has 0 N–H and O–H groups in total. The molecule has 4 aliphatic rings. The minimum Gasteiger partial charge on any atom is -0.330 e. The highest BCUT2D eigenvalue weighted by molar-refractivity contribution is 5.86. The van der Waals surface area contributed by atoms with Crippen molar-refractivity contribution in [1.29, 1.82) is 5.26 Å². The number of fused-ring (bicyclic) bond motifs is 3. The molecule has 3 heterocycles. The summed E-state index contributed by atoms with van der Waals surface area (Å²) in [4.78, 5) is 31.9. The first kappa shape index (κ1) is 23.2. The van der Waals surface area contributed by atoms with E-state index in [4.69, 9.17) is 0 Å². The van der Waals surface area contributed by atoms with E-state index in [9.17, 15) is 28.0 Å². The van der Waals surface area contributed by atoms with E-state index in [1.807, 2.05) is 11.8 Å². The minimum absolute atomic E-state index is 0.0172. The van der Waals surface area contributed by atoms with Gasteiger partial charge in [0.1, 0.15) is 6.04 Å². The molecule has 1 aromatic carbocycles. The molecule has 3 saturated heterocycles. The number of hydrogen-bond donors (Lipinski definition) is 0. The van der Waals surface area contributed by atoms with Gasteiger partial charge in [-0.3, -0.25) is 14.5 Å². The molecule has 2 amide bonds. The molecule has 34 heavy (non-hydrogen) atoms. The van der Waals surface area contributed by atoms with Crippen molar-refractivity contribution >= 4 is 11.8 Å². The van der Waals surface area contributed by atoms with Crippen molar-refractivity contribution < 1.29 is 22.8 Å². The molecule has 9 heteroatoms. The maximum Gasteiger partial charge on any atom is 0.416 e. The number of likely N-dealkylation sites (tertiary alicyclic amines) is 3. The summed E-state index contributed by atoms with van der Waals surface area (Å²) in [7, 11) is 0. The Hall–Kier alpha value is -2.60. The van der Waals surface area contributed by atoms with Gasteiger partial charge in [-0.05, 0) is 56.7 Å². The highest BCUT2D eigenvalue weighted by Crippen LogP contribution is 2.48. The Bertz CT molecular complexity index is 1070. The van der Waals surface area contributed by atoms with Gasteiger partial charge >= 0.3 is 6.18 Å². The average molecular weight is 475 g/mol. The number of amides is 2. The summed E-state index contributed by atoms with van der Waals surface area (Å²) in [6.45, 7) is 6.32. The van der Waals surface area contributed by atoms with Crippen LogP contribution in [0.5, 0.6) is 0 Å². The van der Waals surface area contributed by atoms with Gasteiger partial charge in [0.15, 0.2) is 0 Å². The third-order valence-electron chi connectivity index (χ3n) is 8.08. The average Bonchev–Trinajstić information content (AvgIpc) is 3.11. The van der Waals surface area contributed by atoms with Crippen LogP contribution in [0.3, 0.4) is 0 Å². The molecule has 1 aromatic rings. The Morgan fingerprint density at radius 1 is 1.21 bits per heavy atom. The van der Waals surface area contributed by atoms with E-state index in [0.717, 1.165) is 25.0 Å². The van der Waals surface area contributed by atoms with E-state index in [1.165, 1.54) is 0 Å². The Balaban J connectivity index is 1.26. The summed E-state index contributed by atoms with van der Waals surface area (Å²) in [6.07, 6.45) is -2.08. The van der Waals surface area contributed by atoms with Gasteiger partial charge in [0, 0.05) is 31.1 Å². The molecular formula is C25H29F3N4O2. The van der Waals surface area contributed by atoms with Crippen LogP contribution in [-0.2, 0) is 15.8 Å². The van der Waals surface area contributed by atoms with E-state index < -0.39 is 17.8 Å². The number of aryl methyl sites for hydroxylation is 1. The van der Waals surface area contributed by atoms with Crippen molar-refractivity contribution in [3.8, 4) is 6.07 Å². The number of hydrogen-bond acceptors (Lipinski definition) is 4. The summed E-state index contributed by atoms with van der Waals surface area (Å²) in [5.41, 5.74) is 0.299. The molecule has 1 aliphatic carbocycles. The van der Waals surface area contributed by atoms with Crippen molar-refractivity contribution in [3.63, 3.8) is 0 Å². The summed E-state index contributed by atoms with van der Waals surface area (Å²) in [5, 5.41) is 9.40. The maximum absolute atomic E-state index is 13.3.